The molecule has 1 saturated carbocycles. The van der Waals surface area contributed by atoms with Crippen LogP contribution in [0.15, 0.2) is 18.2 Å². The van der Waals surface area contributed by atoms with E-state index in [-0.39, 0.29) is 36.2 Å². The smallest absolute Gasteiger partial charge is 0.324 e. The van der Waals surface area contributed by atoms with Gasteiger partial charge in [0.25, 0.3) is 5.91 Å². The molecule has 0 spiro atoms. The van der Waals surface area contributed by atoms with E-state index in [9.17, 15) is 14.4 Å². The van der Waals surface area contributed by atoms with E-state index < -0.39 is 0 Å². The number of Topliss-reactive ketones (excluding diaryl/α,β-unsaturated/α-hetero) is 1. The topological polar surface area (TPSA) is 81.8 Å². The number of ketones is 1. The van der Waals surface area contributed by atoms with Crippen LogP contribution in [-0.4, -0.2) is 61.4 Å². The van der Waals surface area contributed by atoms with Crippen molar-refractivity contribution in [2.45, 2.75) is 64.0 Å². The molecule has 168 valence electrons. The first-order valence-corrected chi connectivity index (χ1v) is 11.6. The minimum absolute atomic E-state index is 0.0722. The number of carbonyl (C=O) groups excluding carboxylic acids is 3. The second-order valence-corrected chi connectivity index (χ2v) is 9.34. The molecule has 1 saturated heterocycles. The monoisotopic (exact) mass is 426 g/mol. The lowest BCUT2D eigenvalue weighted by Gasteiger charge is -2.37. The molecule has 1 aromatic carbocycles. The van der Waals surface area contributed by atoms with Crippen molar-refractivity contribution < 1.29 is 14.4 Å². The minimum atomic E-state index is -0.219. The normalized spacial score (nSPS) is 21.9. The number of benzene rings is 1. The van der Waals surface area contributed by atoms with Gasteiger partial charge in [0.1, 0.15) is 5.78 Å². The van der Waals surface area contributed by atoms with Crippen molar-refractivity contribution in [3.05, 3.63) is 29.3 Å². The average molecular weight is 427 g/mol. The number of nitrogens with zero attached hydrogens (tertiary/aromatic N) is 2. The van der Waals surface area contributed by atoms with Crippen molar-refractivity contribution in [1.29, 1.82) is 0 Å². The van der Waals surface area contributed by atoms with Crippen LogP contribution < -0.4 is 15.5 Å². The van der Waals surface area contributed by atoms with Crippen molar-refractivity contribution in [1.82, 2.24) is 15.5 Å². The first-order valence-electron chi connectivity index (χ1n) is 11.6. The fourth-order valence-electron chi connectivity index (χ4n) is 4.76. The van der Waals surface area contributed by atoms with Gasteiger partial charge in [-0.2, -0.15) is 0 Å². The number of nitrogens with one attached hydrogen (secondary N) is 2. The largest absolute Gasteiger partial charge is 0.352 e. The lowest BCUT2D eigenvalue weighted by molar-refractivity contribution is -0.118. The first kappa shape index (κ1) is 21.8. The van der Waals surface area contributed by atoms with E-state index in [2.05, 4.69) is 10.6 Å². The van der Waals surface area contributed by atoms with Crippen molar-refractivity contribution in [2.75, 3.05) is 31.6 Å². The SMILES string of the molecule is C[C@H]1CC(=O)Cc2cc(C(=O)NCCC3CC3)ccc2N1C(=O)N(C)C1CCNCC1. The number of anilines is 1. The number of hydrogen-bond acceptors (Lipinski definition) is 4. The predicted molar refractivity (Wildman–Crippen MR) is 120 cm³/mol. The molecule has 1 aliphatic carbocycles. The van der Waals surface area contributed by atoms with E-state index in [1.165, 1.54) is 12.8 Å². The highest BCUT2D eigenvalue weighted by Crippen LogP contribution is 2.32. The molecule has 7 heteroatoms. The lowest BCUT2D eigenvalue weighted by Crippen LogP contribution is -2.52. The Morgan fingerprint density at radius 1 is 1.19 bits per heavy atom. The van der Waals surface area contributed by atoms with E-state index in [0.29, 0.717) is 18.5 Å². The van der Waals surface area contributed by atoms with Crippen molar-refractivity contribution >= 4 is 23.4 Å². The maximum atomic E-state index is 13.5. The third kappa shape index (κ3) is 5.09. The van der Waals surface area contributed by atoms with Crippen molar-refractivity contribution in [3.63, 3.8) is 0 Å². The second kappa shape index (κ2) is 9.39. The molecule has 2 N–H and O–H groups in total. The van der Waals surface area contributed by atoms with Crippen LogP contribution in [0.4, 0.5) is 10.5 Å². The maximum absolute atomic E-state index is 13.5. The Morgan fingerprint density at radius 2 is 1.94 bits per heavy atom. The van der Waals surface area contributed by atoms with Crippen LogP contribution in [0, 0.1) is 5.92 Å². The molecule has 2 heterocycles. The van der Waals surface area contributed by atoms with E-state index in [0.717, 1.165) is 49.5 Å². The van der Waals surface area contributed by atoms with Crippen LogP contribution in [0.5, 0.6) is 0 Å². The number of fused-ring (bicyclic) bond motifs is 1. The molecule has 0 radical (unpaired) electrons. The molecule has 0 unspecified atom stereocenters. The summed E-state index contributed by atoms with van der Waals surface area (Å²) in [5.74, 6) is 0.751. The van der Waals surface area contributed by atoms with Gasteiger partial charge in [-0.15, -0.1) is 0 Å². The minimum Gasteiger partial charge on any atom is -0.352 e. The molecule has 3 aliphatic rings. The van der Waals surface area contributed by atoms with Crippen LogP contribution in [0.3, 0.4) is 0 Å². The van der Waals surface area contributed by atoms with Crippen molar-refractivity contribution in [2.24, 2.45) is 5.92 Å². The fourth-order valence-corrected chi connectivity index (χ4v) is 4.76. The zero-order chi connectivity index (χ0) is 22.0. The third-order valence-corrected chi connectivity index (χ3v) is 6.85. The van der Waals surface area contributed by atoms with Gasteiger partial charge >= 0.3 is 6.03 Å². The number of carbonyl (C=O) groups is 3. The molecule has 31 heavy (non-hydrogen) atoms. The van der Waals surface area contributed by atoms with Gasteiger partial charge in [0.2, 0.25) is 0 Å². The fraction of sp³-hybridized carbons (Fsp3) is 0.625. The molecule has 0 bridgehead atoms. The van der Waals surface area contributed by atoms with Crippen LogP contribution in [-0.2, 0) is 11.2 Å². The van der Waals surface area contributed by atoms with E-state index in [4.69, 9.17) is 0 Å². The van der Waals surface area contributed by atoms with E-state index >= 15 is 0 Å². The molecule has 4 rings (SSSR count). The van der Waals surface area contributed by atoms with Crippen LogP contribution in [0.1, 0.15) is 61.4 Å². The zero-order valence-corrected chi connectivity index (χ0v) is 18.7. The summed E-state index contributed by atoms with van der Waals surface area (Å²) in [4.78, 5) is 42.3. The molecule has 1 atom stereocenters. The summed E-state index contributed by atoms with van der Waals surface area (Å²) in [6.45, 7) is 4.43. The highest BCUT2D eigenvalue weighted by atomic mass is 16.2. The lowest BCUT2D eigenvalue weighted by atomic mass is 10.0. The molecule has 2 aliphatic heterocycles. The second-order valence-electron chi connectivity index (χ2n) is 9.34. The standard InChI is InChI=1S/C24H34N4O3/c1-16-13-21(29)15-19-14-18(23(30)26-12-7-17-3-4-17)5-6-22(19)28(16)24(31)27(2)20-8-10-25-11-9-20/h5-6,14,16-17,20,25H,3-4,7-13,15H2,1-2H3,(H,26,30)/t16-/m0/s1. The molecule has 2 fully saturated rings. The van der Waals surface area contributed by atoms with Gasteiger partial charge in [-0.1, -0.05) is 12.8 Å². The molecule has 7 nitrogen and oxygen atoms in total. The third-order valence-electron chi connectivity index (χ3n) is 6.85. The number of urea groups is 1. The highest BCUT2D eigenvalue weighted by molar-refractivity contribution is 6.00. The van der Waals surface area contributed by atoms with E-state index in [1.54, 1.807) is 17.0 Å². The Balaban J connectivity index is 1.55. The summed E-state index contributed by atoms with van der Waals surface area (Å²) in [6.07, 6.45) is 5.99. The van der Waals surface area contributed by atoms with Gasteiger partial charge in [-0.25, -0.2) is 4.79 Å². The summed E-state index contributed by atoms with van der Waals surface area (Å²) in [5.41, 5.74) is 2.06. The van der Waals surface area contributed by atoms with E-state index in [1.807, 2.05) is 24.9 Å². The van der Waals surface area contributed by atoms with Crippen LogP contribution in [0.2, 0.25) is 0 Å². The number of amides is 3. The van der Waals surface area contributed by atoms with Gasteiger partial charge in [-0.05, 0) is 69.0 Å². The summed E-state index contributed by atoms with van der Waals surface area (Å²) in [5, 5.41) is 6.32. The Kier molecular flexibility index (Phi) is 6.60. The van der Waals surface area contributed by atoms with Gasteiger partial charge in [0.15, 0.2) is 0 Å². The summed E-state index contributed by atoms with van der Waals surface area (Å²) in [7, 11) is 1.86. The predicted octanol–water partition coefficient (Wildman–Crippen LogP) is 2.73. The Morgan fingerprint density at radius 3 is 2.65 bits per heavy atom. The number of rotatable bonds is 5. The average Bonchev–Trinajstić information content (AvgIpc) is 3.59. The number of piperidine rings is 1. The quantitative estimate of drug-likeness (QED) is 0.759. The zero-order valence-electron chi connectivity index (χ0n) is 18.7. The molecular formula is C24H34N4O3. The van der Waals surface area contributed by atoms with Gasteiger partial charge in [0.05, 0.1) is 0 Å². The summed E-state index contributed by atoms with van der Waals surface area (Å²) in [6, 6.07) is 5.32. The van der Waals surface area contributed by atoms with Crippen LogP contribution in [0.25, 0.3) is 0 Å². The Labute approximate surface area is 184 Å². The maximum Gasteiger partial charge on any atom is 0.324 e. The highest BCUT2D eigenvalue weighted by Gasteiger charge is 2.34. The molecule has 1 aromatic rings. The molecule has 0 aromatic heterocycles. The Hall–Kier alpha value is -2.41. The summed E-state index contributed by atoms with van der Waals surface area (Å²) >= 11 is 0. The first-order chi connectivity index (χ1) is 14.9. The molecular weight excluding hydrogens is 392 g/mol. The van der Waals surface area contributed by atoms with Crippen molar-refractivity contribution in [3.8, 4) is 0 Å². The summed E-state index contributed by atoms with van der Waals surface area (Å²) < 4.78 is 0. The van der Waals surface area contributed by atoms with Crippen LogP contribution >= 0.6 is 0 Å². The molecule has 3 amide bonds. The van der Waals surface area contributed by atoms with Gasteiger partial charge in [0, 0.05) is 49.8 Å². The van der Waals surface area contributed by atoms with Gasteiger partial charge < -0.3 is 15.5 Å². The Bertz CT molecular complexity index is 845. The number of hydrogen-bond donors (Lipinski definition) is 2. The van der Waals surface area contributed by atoms with Gasteiger partial charge in [-0.3, -0.25) is 14.5 Å².